The molecule has 4 rings (SSSR count). The van der Waals surface area contributed by atoms with E-state index >= 15 is 0 Å². The van der Waals surface area contributed by atoms with Crippen molar-refractivity contribution >= 4 is 70.8 Å². The van der Waals surface area contributed by atoms with Crippen LogP contribution in [0.25, 0.3) is 0 Å². The van der Waals surface area contributed by atoms with Crippen LogP contribution in [0.15, 0.2) is 60.7 Å². The van der Waals surface area contributed by atoms with Crippen molar-refractivity contribution in [3.63, 3.8) is 0 Å². The van der Waals surface area contributed by atoms with Crippen LogP contribution in [0.4, 0.5) is 17.6 Å². The highest BCUT2D eigenvalue weighted by Gasteiger charge is 2.53. The Balaban J connectivity index is 0.000000421. The lowest BCUT2D eigenvalue weighted by molar-refractivity contribution is -0.162. The number of hydrogen-bond acceptors (Lipinski definition) is 13. The van der Waals surface area contributed by atoms with E-state index in [1.54, 1.807) is 88.4 Å². The number of ketones is 2. The van der Waals surface area contributed by atoms with Crippen molar-refractivity contribution in [2.75, 3.05) is 19.7 Å². The molecule has 0 saturated carbocycles. The van der Waals surface area contributed by atoms with E-state index < -0.39 is 143 Å². The predicted molar refractivity (Wildman–Crippen MR) is 277 cm³/mol. The molecule has 0 bridgehead atoms. The van der Waals surface area contributed by atoms with Crippen LogP contribution in [0.5, 0.6) is 0 Å². The normalized spacial score (nSPS) is 16.8. The first-order valence-corrected chi connectivity index (χ1v) is 26.1. The minimum atomic E-state index is -4.44. The fourth-order valence-corrected chi connectivity index (χ4v) is 8.55. The van der Waals surface area contributed by atoms with E-state index in [1.807, 2.05) is 5.32 Å². The minimum Gasteiger partial charge on any atom is -0.474 e. The summed E-state index contributed by atoms with van der Waals surface area (Å²) in [7, 11) is 0. The maximum Gasteiger partial charge on any atom is 0.396 e. The lowest BCUT2D eigenvalue weighted by Crippen LogP contribution is -2.60. The number of alkyl halides is 4. The largest absolute Gasteiger partial charge is 0.474 e. The Hall–Kier alpha value is -7.80. The van der Waals surface area contributed by atoms with Crippen LogP contribution in [0.1, 0.15) is 99.1 Å². The van der Waals surface area contributed by atoms with E-state index in [0.29, 0.717) is 24.0 Å². The number of aliphatic carboxylic acids is 1. The lowest BCUT2D eigenvalue weighted by Gasteiger charge is -2.32. The average molecular weight is 1130 g/mol. The number of rotatable bonds is 23. The van der Waals surface area contributed by atoms with Gasteiger partial charge in [0, 0.05) is 26.2 Å². The first-order valence-electron chi connectivity index (χ1n) is 26.1. The van der Waals surface area contributed by atoms with Crippen molar-refractivity contribution < 1.29 is 84.9 Å². The fourth-order valence-electron chi connectivity index (χ4n) is 8.55. The zero-order valence-corrected chi connectivity index (χ0v) is 46.1. The molecule has 2 aromatic rings. The first-order chi connectivity index (χ1) is 37.4. The van der Waals surface area contributed by atoms with Gasteiger partial charge in [0.05, 0.1) is 18.7 Å². The van der Waals surface area contributed by atoms with E-state index in [0.717, 1.165) is 4.90 Å². The van der Waals surface area contributed by atoms with Gasteiger partial charge in [-0.1, -0.05) is 116 Å². The highest BCUT2D eigenvalue weighted by Crippen LogP contribution is 2.26. The standard InChI is InChI=1S/C28H38F2N4O7.C26H34F2N4O7/c1-6-41-26(39)24(37)33-21(17(4)5)25(38)34-14-10-13-19(34)23(36)32-20(16(2)3)22(35)28(29,30)27(40)31-15-18-11-8-7-9-12-18;1-14(2)18(20(33)26(27,28)25(39)29-13-16-9-6-5-7-10-16)30-21(34)17-11-8-12-32(17)23(36)19(15(3)4)31-22(35)24(37)38/h7-9,11-12,16-17,19-21H,6,10,13-15H2,1-5H3,(H,31,40)(H,32,36)(H,33,37);5-7,9-10,14-15,17-19H,8,11-13H2,1-4H3,(H,29,39)(H,30,34)(H,31,35)(H,37,38)/t19?,20-,21-;17?,18-,19-/m00/s1. The summed E-state index contributed by atoms with van der Waals surface area (Å²) in [6, 6.07) is 8.45. The molecule has 7 N–H and O–H groups in total. The van der Waals surface area contributed by atoms with Crippen molar-refractivity contribution in [2.24, 2.45) is 23.7 Å². The van der Waals surface area contributed by atoms with Crippen LogP contribution >= 0.6 is 0 Å². The summed E-state index contributed by atoms with van der Waals surface area (Å²) in [6.07, 6.45) is 1.11. The van der Waals surface area contributed by atoms with E-state index in [1.165, 1.54) is 39.5 Å². The van der Waals surface area contributed by atoms with Gasteiger partial charge in [0.1, 0.15) is 24.2 Å². The van der Waals surface area contributed by atoms with Gasteiger partial charge in [0.2, 0.25) is 35.2 Å². The third-order valence-electron chi connectivity index (χ3n) is 13.0. The van der Waals surface area contributed by atoms with Crippen molar-refractivity contribution in [2.45, 2.75) is 149 Å². The maximum absolute atomic E-state index is 14.9. The molecule has 6 atom stereocenters. The molecule has 2 aromatic carbocycles. The number of carboxylic acid groups (broad SMARTS) is 1. The van der Waals surface area contributed by atoms with Gasteiger partial charge in [-0.2, -0.15) is 17.6 Å². The van der Waals surface area contributed by atoms with Crippen molar-refractivity contribution in [3.8, 4) is 0 Å². The molecule has 2 aliphatic rings. The van der Waals surface area contributed by atoms with Gasteiger partial charge in [-0.15, -0.1) is 0 Å². The van der Waals surface area contributed by atoms with Gasteiger partial charge < -0.3 is 51.5 Å². The number of nitrogens with one attached hydrogen (secondary N) is 6. The Labute approximate surface area is 460 Å². The molecule has 26 heteroatoms. The molecule has 8 amide bonds. The Morgan fingerprint density at radius 3 is 1.19 bits per heavy atom. The van der Waals surface area contributed by atoms with Crippen LogP contribution in [0.3, 0.4) is 0 Å². The molecule has 2 heterocycles. The third kappa shape index (κ3) is 17.9. The number of Topliss-reactive ketones (excluding diaryl/α,β-unsaturated/α-hetero) is 2. The van der Waals surface area contributed by atoms with E-state index in [-0.39, 0.29) is 45.6 Å². The van der Waals surface area contributed by atoms with Gasteiger partial charge >= 0.3 is 35.6 Å². The summed E-state index contributed by atoms with van der Waals surface area (Å²) in [6.45, 7) is 13.4. The van der Waals surface area contributed by atoms with E-state index in [2.05, 4.69) is 31.3 Å². The summed E-state index contributed by atoms with van der Waals surface area (Å²) in [5.41, 5.74) is 1.11. The summed E-state index contributed by atoms with van der Waals surface area (Å²) in [5.74, 6) is -27.2. The van der Waals surface area contributed by atoms with Crippen molar-refractivity contribution in [1.29, 1.82) is 0 Å². The summed E-state index contributed by atoms with van der Waals surface area (Å²) >= 11 is 0. The zero-order chi connectivity index (χ0) is 60.4. The molecule has 80 heavy (non-hydrogen) atoms. The Kier molecular flexibility index (Phi) is 24.9. The van der Waals surface area contributed by atoms with Crippen LogP contribution in [0, 0.1) is 23.7 Å². The zero-order valence-electron chi connectivity index (χ0n) is 46.1. The van der Waals surface area contributed by atoms with Crippen molar-refractivity contribution in [3.05, 3.63) is 71.8 Å². The molecule has 2 fully saturated rings. The van der Waals surface area contributed by atoms with E-state index in [9.17, 15) is 75.1 Å². The molecular weight excluding hydrogens is 1060 g/mol. The molecule has 2 unspecified atom stereocenters. The molecule has 0 aliphatic carbocycles. The molecule has 0 radical (unpaired) electrons. The summed E-state index contributed by atoms with van der Waals surface area (Å²) < 4.78 is 64.3. The Bertz CT molecular complexity index is 2570. The average Bonchev–Trinajstić information content (AvgIpc) is 4.13. The van der Waals surface area contributed by atoms with Gasteiger partial charge in [-0.3, -0.25) is 47.9 Å². The number of carboxylic acids is 1. The molecule has 440 valence electrons. The molecule has 2 aliphatic heterocycles. The fraction of sp³-hybridized carbons (Fsp3) is 0.556. The van der Waals surface area contributed by atoms with Crippen LogP contribution in [0.2, 0.25) is 0 Å². The van der Waals surface area contributed by atoms with Gasteiger partial charge in [0.15, 0.2) is 0 Å². The van der Waals surface area contributed by atoms with Crippen molar-refractivity contribution in [1.82, 2.24) is 41.7 Å². The molecule has 2 saturated heterocycles. The lowest BCUT2D eigenvalue weighted by atomic mass is 9.94. The Morgan fingerprint density at radius 1 is 0.537 bits per heavy atom. The number of nitrogens with zero attached hydrogens (tertiary/aromatic N) is 2. The van der Waals surface area contributed by atoms with Gasteiger partial charge in [0.25, 0.3) is 11.8 Å². The number of hydrogen-bond donors (Lipinski definition) is 7. The Morgan fingerprint density at radius 2 is 0.875 bits per heavy atom. The number of esters is 1. The highest BCUT2D eigenvalue weighted by atomic mass is 19.3. The molecule has 0 aromatic heterocycles. The second-order valence-corrected chi connectivity index (χ2v) is 20.5. The molecule has 22 nitrogen and oxygen atoms in total. The number of carbonyl (C=O) groups is 12. The molecular formula is C54H72F4N8O14. The molecule has 0 spiro atoms. The summed E-state index contributed by atoms with van der Waals surface area (Å²) in [5, 5.41) is 22.0. The van der Waals surface area contributed by atoms with Gasteiger partial charge in [-0.05, 0) is 67.4 Å². The predicted octanol–water partition coefficient (Wildman–Crippen LogP) is 2.21. The minimum absolute atomic E-state index is 0.0373. The second kappa shape index (κ2) is 30.0. The van der Waals surface area contributed by atoms with Crippen LogP contribution in [-0.2, 0) is 75.4 Å². The van der Waals surface area contributed by atoms with Gasteiger partial charge in [-0.25, -0.2) is 9.59 Å². The quantitative estimate of drug-likeness (QED) is 0.0364. The van der Waals surface area contributed by atoms with Crippen LogP contribution < -0.4 is 31.9 Å². The smallest absolute Gasteiger partial charge is 0.396 e. The summed E-state index contributed by atoms with van der Waals surface area (Å²) in [4.78, 5) is 152. The topological polar surface area (TPSA) is 313 Å². The number of amides is 8. The first kappa shape index (κ1) is 66.5. The number of likely N-dealkylation sites (tertiary alicyclic amines) is 2. The maximum atomic E-state index is 14.9. The number of halogens is 4. The monoisotopic (exact) mass is 1130 g/mol. The number of carbonyl (C=O) groups excluding carboxylic acids is 11. The highest BCUT2D eigenvalue weighted by molar-refractivity contribution is 6.33. The number of benzene rings is 2. The van der Waals surface area contributed by atoms with E-state index in [4.69, 9.17) is 5.11 Å². The third-order valence-corrected chi connectivity index (χ3v) is 13.0. The number of ether oxygens (including phenoxy) is 1. The second-order valence-electron chi connectivity index (χ2n) is 20.5. The van der Waals surface area contributed by atoms with Crippen LogP contribution in [-0.4, -0.2) is 153 Å². The SMILES string of the molecule is CC(C)[C@H](NC(=O)C(=O)O)C(=O)N1CCCC1C(=O)N[C@H](C(=O)C(F)(F)C(=O)NCc1ccccc1)C(C)C.CCOC(=O)C(=O)N[C@H](C(=O)N1CCCC1C(=O)N[C@H](C(=O)C(F)(F)C(=O)NCc1ccccc1)C(C)C)C(C)C.